The minimum Gasteiger partial charge on any atom is -0.383 e. The van der Waals surface area contributed by atoms with Gasteiger partial charge in [0.2, 0.25) is 0 Å². The van der Waals surface area contributed by atoms with Gasteiger partial charge < -0.3 is 10.6 Å². The highest BCUT2D eigenvalue weighted by molar-refractivity contribution is 5.99. The number of hydrogen-bond acceptors (Lipinski definition) is 3. The summed E-state index contributed by atoms with van der Waals surface area (Å²) in [6.07, 6.45) is 3.16. The Bertz CT molecular complexity index is 630. The predicted octanol–water partition coefficient (Wildman–Crippen LogP) is 3.14. The number of hydrogen-bond donors (Lipinski definition) is 2. The molecule has 0 aliphatic rings. The monoisotopic (exact) mass is 287 g/mol. The first kappa shape index (κ1) is 15.0. The molecular formula is C16H18FN3O. The minimum atomic E-state index is -0.415. The Kier molecular flexibility index (Phi) is 4.87. The normalized spacial score (nSPS) is 11.8. The van der Waals surface area contributed by atoms with Crippen LogP contribution in [-0.4, -0.2) is 17.4 Å². The van der Waals surface area contributed by atoms with E-state index in [1.54, 1.807) is 43.6 Å². The summed E-state index contributed by atoms with van der Waals surface area (Å²) in [6, 6.07) is 7.65. The molecule has 1 aromatic carbocycles. The van der Waals surface area contributed by atoms with E-state index in [0.717, 1.165) is 0 Å². The Balaban J connectivity index is 2.17. The van der Waals surface area contributed by atoms with E-state index in [4.69, 9.17) is 0 Å². The van der Waals surface area contributed by atoms with Crippen LogP contribution in [0.25, 0.3) is 0 Å². The molecule has 1 heterocycles. The number of anilines is 1. The number of nitrogens with zero attached hydrogens (tertiary/aromatic N) is 1. The average Bonchev–Trinajstić information content (AvgIpc) is 2.48. The zero-order valence-electron chi connectivity index (χ0n) is 12.1. The van der Waals surface area contributed by atoms with Crippen LogP contribution < -0.4 is 10.6 Å². The van der Waals surface area contributed by atoms with Gasteiger partial charge in [0, 0.05) is 18.3 Å². The van der Waals surface area contributed by atoms with Crippen LogP contribution >= 0.6 is 0 Å². The number of amides is 1. The zero-order chi connectivity index (χ0) is 15.2. The van der Waals surface area contributed by atoms with Crippen LogP contribution in [0.4, 0.5) is 10.1 Å². The molecule has 4 nitrogen and oxygen atoms in total. The van der Waals surface area contributed by atoms with Crippen molar-refractivity contribution in [3.63, 3.8) is 0 Å². The van der Waals surface area contributed by atoms with Crippen molar-refractivity contribution in [3.8, 4) is 0 Å². The molecule has 0 aliphatic heterocycles. The van der Waals surface area contributed by atoms with E-state index >= 15 is 0 Å². The molecule has 1 unspecified atom stereocenters. The molecule has 1 atom stereocenters. The Morgan fingerprint density at radius 1 is 1.33 bits per heavy atom. The molecule has 0 spiro atoms. The summed E-state index contributed by atoms with van der Waals surface area (Å²) in [6.45, 7) is 4.38. The van der Waals surface area contributed by atoms with Gasteiger partial charge in [0.15, 0.2) is 0 Å². The van der Waals surface area contributed by atoms with E-state index in [1.807, 2.05) is 6.92 Å². The lowest BCUT2D eigenvalue weighted by atomic mass is 10.1. The van der Waals surface area contributed by atoms with E-state index in [2.05, 4.69) is 15.6 Å². The standard InChI is InChI=1S/C16H18FN3O/c1-3-19-15-10-18-9-8-13(15)16(21)20-11(2)12-6-4-5-7-14(12)17/h4-11,19H,3H2,1-2H3,(H,20,21). The molecule has 0 saturated heterocycles. The molecule has 0 bridgehead atoms. The Hall–Kier alpha value is -2.43. The summed E-state index contributed by atoms with van der Waals surface area (Å²) in [5, 5.41) is 5.89. The van der Waals surface area contributed by atoms with Gasteiger partial charge in [-0.2, -0.15) is 0 Å². The van der Waals surface area contributed by atoms with Crippen LogP contribution in [0.2, 0.25) is 0 Å². The smallest absolute Gasteiger partial charge is 0.253 e. The Morgan fingerprint density at radius 3 is 2.81 bits per heavy atom. The molecule has 0 aliphatic carbocycles. The molecule has 2 aromatic rings. The van der Waals surface area contributed by atoms with Crippen molar-refractivity contribution in [1.82, 2.24) is 10.3 Å². The lowest BCUT2D eigenvalue weighted by Gasteiger charge is -2.16. The second kappa shape index (κ2) is 6.83. The van der Waals surface area contributed by atoms with Crippen molar-refractivity contribution in [3.05, 3.63) is 59.7 Å². The Labute approximate surface area is 123 Å². The molecule has 0 saturated carbocycles. The highest BCUT2D eigenvalue weighted by Crippen LogP contribution is 2.18. The van der Waals surface area contributed by atoms with Crippen molar-refractivity contribution in [1.29, 1.82) is 0 Å². The largest absolute Gasteiger partial charge is 0.383 e. The molecule has 1 amide bonds. The highest BCUT2D eigenvalue weighted by atomic mass is 19.1. The van der Waals surface area contributed by atoms with Gasteiger partial charge in [-0.15, -0.1) is 0 Å². The highest BCUT2D eigenvalue weighted by Gasteiger charge is 2.16. The second-order valence-corrected chi connectivity index (χ2v) is 4.67. The third-order valence-corrected chi connectivity index (χ3v) is 3.15. The molecule has 2 rings (SSSR count). The van der Waals surface area contributed by atoms with E-state index in [9.17, 15) is 9.18 Å². The van der Waals surface area contributed by atoms with Crippen molar-refractivity contribution in [2.45, 2.75) is 19.9 Å². The van der Waals surface area contributed by atoms with E-state index in [1.165, 1.54) is 6.07 Å². The molecule has 0 fully saturated rings. The fourth-order valence-electron chi connectivity index (χ4n) is 2.10. The van der Waals surface area contributed by atoms with Crippen molar-refractivity contribution < 1.29 is 9.18 Å². The summed E-state index contributed by atoms with van der Waals surface area (Å²) >= 11 is 0. The zero-order valence-corrected chi connectivity index (χ0v) is 12.1. The van der Waals surface area contributed by atoms with Crippen LogP contribution in [-0.2, 0) is 0 Å². The third-order valence-electron chi connectivity index (χ3n) is 3.15. The maximum atomic E-state index is 13.7. The summed E-state index contributed by atoms with van der Waals surface area (Å²) in [7, 11) is 0. The number of halogens is 1. The van der Waals surface area contributed by atoms with Gasteiger partial charge in [-0.05, 0) is 26.0 Å². The first-order valence-electron chi connectivity index (χ1n) is 6.86. The number of benzene rings is 1. The first-order valence-corrected chi connectivity index (χ1v) is 6.86. The van der Waals surface area contributed by atoms with Crippen LogP contribution in [0.3, 0.4) is 0 Å². The quantitative estimate of drug-likeness (QED) is 0.888. The van der Waals surface area contributed by atoms with Gasteiger partial charge in [0.25, 0.3) is 5.91 Å². The number of rotatable bonds is 5. The van der Waals surface area contributed by atoms with Gasteiger partial charge >= 0.3 is 0 Å². The minimum absolute atomic E-state index is 0.260. The molecule has 21 heavy (non-hydrogen) atoms. The average molecular weight is 287 g/mol. The molecule has 110 valence electrons. The van der Waals surface area contributed by atoms with E-state index < -0.39 is 6.04 Å². The fraction of sp³-hybridized carbons (Fsp3) is 0.250. The lowest BCUT2D eigenvalue weighted by Crippen LogP contribution is -2.28. The summed E-state index contributed by atoms with van der Waals surface area (Å²) < 4.78 is 13.7. The number of nitrogens with one attached hydrogen (secondary N) is 2. The van der Waals surface area contributed by atoms with Gasteiger partial charge in [-0.25, -0.2) is 4.39 Å². The van der Waals surface area contributed by atoms with Crippen molar-refractivity contribution in [2.24, 2.45) is 0 Å². The van der Waals surface area contributed by atoms with Crippen molar-refractivity contribution >= 4 is 11.6 Å². The lowest BCUT2D eigenvalue weighted by molar-refractivity contribution is 0.0940. The predicted molar refractivity (Wildman–Crippen MR) is 80.7 cm³/mol. The number of carbonyl (C=O) groups excluding carboxylic acids is 1. The maximum absolute atomic E-state index is 13.7. The SMILES string of the molecule is CCNc1cnccc1C(=O)NC(C)c1ccccc1F. The van der Waals surface area contributed by atoms with Crippen LogP contribution in [0.5, 0.6) is 0 Å². The second-order valence-electron chi connectivity index (χ2n) is 4.67. The molecule has 5 heteroatoms. The topological polar surface area (TPSA) is 54.0 Å². The van der Waals surface area contributed by atoms with Crippen molar-refractivity contribution in [2.75, 3.05) is 11.9 Å². The van der Waals surface area contributed by atoms with Crippen LogP contribution in [0, 0.1) is 5.82 Å². The van der Waals surface area contributed by atoms with Gasteiger partial charge in [0.1, 0.15) is 5.82 Å². The van der Waals surface area contributed by atoms with Gasteiger partial charge in [-0.1, -0.05) is 18.2 Å². The number of aromatic nitrogens is 1. The van der Waals surface area contributed by atoms with E-state index in [-0.39, 0.29) is 11.7 Å². The number of pyridine rings is 1. The summed E-state index contributed by atoms with van der Waals surface area (Å²) in [4.78, 5) is 16.3. The first-order chi connectivity index (χ1) is 10.1. The maximum Gasteiger partial charge on any atom is 0.253 e. The molecular weight excluding hydrogens is 269 g/mol. The summed E-state index contributed by atoms with van der Waals surface area (Å²) in [5.74, 6) is -0.587. The molecule has 2 N–H and O–H groups in total. The molecule has 1 aromatic heterocycles. The van der Waals surface area contributed by atoms with E-state index in [0.29, 0.717) is 23.4 Å². The van der Waals surface area contributed by atoms with Crippen LogP contribution in [0.15, 0.2) is 42.7 Å². The molecule has 0 radical (unpaired) electrons. The fourth-order valence-corrected chi connectivity index (χ4v) is 2.10. The van der Waals surface area contributed by atoms with Gasteiger partial charge in [0.05, 0.1) is 23.5 Å². The van der Waals surface area contributed by atoms with Crippen LogP contribution in [0.1, 0.15) is 35.8 Å². The third kappa shape index (κ3) is 3.56. The Morgan fingerprint density at radius 2 is 2.10 bits per heavy atom. The van der Waals surface area contributed by atoms with Gasteiger partial charge in [-0.3, -0.25) is 9.78 Å². The summed E-state index contributed by atoms with van der Waals surface area (Å²) in [5.41, 5.74) is 1.62. The number of carbonyl (C=O) groups is 1.